The third kappa shape index (κ3) is 4.26. The summed E-state index contributed by atoms with van der Waals surface area (Å²) in [6.45, 7) is 7.81. The van der Waals surface area contributed by atoms with E-state index in [0.29, 0.717) is 16.6 Å². The highest BCUT2D eigenvalue weighted by molar-refractivity contribution is 6.31. The highest BCUT2D eigenvalue weighted by atomic mass is 35.5. The van der Waals surface area contributed by atoms with E-state index in [2.05, 4.69) is 19.2 Å². The van der Waals surface area contributed by atoms with Gasteiger partial charge in [-0.1, -0.05) is 49.7 Å². The number of amides is 1. The van der Waals surface area contributed by atoms with Crippen LogP contribution in [-0.4, -0.2) is 12.0 Å². The molecular formula is C19H22ClNO2. The molecule has 23 heavy (non-hydrogen) atoms. The van der Waals surface area contributed by atoms with Crippen LogP contribution in [0.2, 0.25) is 5.02 Å². The fourth-order valence-corrected chi connectivity index (χ4v) is 2.46. The molecule has 0 radical (unpaired) electrons. The van der Waals surface area contributed by atoms with E-state index in [9.17, 15) is 4.79 Å². The molecule has 0 aliphatic rings. The number of nitrogens with one attached hydrogen (secondary N) is 1. The molecule has 2 rings (SSSR count). The smallest absolute Gasteiger partial charge is 0.265 e. The van der Waals surface area contributed by atoms with Gasteiger partial charge in [0, 0.05) is 10.7 Å². The average Bonchev–Trinajstić information content (AvgIpc) is 2.52. The third-order valence-electron chi connectivity index (χ3n) is 3.74. The van der Waals surface area contributed by atoms with Gasteiger partial charge < -0.3 is 10.1 Å². The number of carbonyl (C=O) groups excluding carboxylic acids is 1. The maximum absolute atomic E-state index is 12.4. The molecule has 0 heterocycles. The predicted octanol–water partition coefficient (Wildman–Crippen LogP) is 5.18. The van der Waals surface area contributed by atoms with Crippen LogP contribution in [-0.2, 0) is 4.79 Å². The van der Waals surface area contributed by atoms with Crippen molar-refractivity contribution in [2.24, 2.45) is 0 Å². The molecule has 0 saturated carbocycles. The van der Waals surface area contributed by atoms with Crippen molar-refractivity contribution in [2.75, 3.05) is 5.32 Å². The standard InChI is InChI=1S/C19H22ClNO2/c1-12(2)15-8-5-6-11-18(15)23-14(4)19(22)21-17-10-7-9-16(20)13(17)3/h5-12,14H,1-4H3,(H,21,22). The monoisotopic (exact) mass is 331 g/mol. The van der Waals surface area contributed by atoms with Gasteiger partial charge in [0.15, 0.2) is 6.10 Å². The molecule has 3 nitrogen and oxygen atoms in total. The number of halogens is 1. The molecule has 0 bridgehead atoms. The van der Waals surface area contributed by atoms with Crippen LogP contribution in [0.15, 0.2) is 42.5 Å². The lowest BCUT2D eigenvalue weighted by Gasteiger charge is -2.19. The molecule has 1 amide bonds. The minimum Gasteiger partial charge on any atom is -0.481 e. The number of rotatable bonds is 5. The van der Waals surface area contributed by atoms with Crippen molar-refractivity contribution in [1.29, 1.82) is 0 Å². The third-order valence-corrected chi connectivity index (χ3v) is 4.15. The minimum atomic E-state index is -0.603. The Balaban J connectivity index is 2.10. The van der Waals surface area contributed by atoms with Gasteiger partial charge in [0.05, 0.1) is 0 Å². The number of ether oxygens (including phenoxy) is 1. The normalized spacial score (nSPS) is 12.1. The Bertz CT molecular complexity index is 698. The number of hydrogen-bond acceptors (Lipinski definition) is 2. The molecule has 4 heteroatoms. The Labute approximate surface area is 142 Å². The van der Waals surface area contributed by atoms with Crippen LogP contribution in [0, 0.1) is 6.92 Å². The van der Waals surface area contributed by atoms with Crippen molar-refractivity contribution in [3.05, 3.63) is 58.6 Å². The minimum absolute atomic E-state index is 0.200. The first-order valence-electron chi connectivity index (χ1n) is 7.71. The van der Waals surface area contributed by atoms with Gasteiger partial charge in [-0.2, -0.15) is 0 Å². The molecule has 0 fully saturated rings. The van der Waals surface area contributed by atoms with Gasteiger partial charge in [-0.3, -0.25) is 4.79 Å². The first kappa shape index (κ1) is 17.4. The van der Waals surface area contributed by atoms with Crippen LogP contribution in [0.5, 0.6) is 5.75 Å². The van der Waals surface area contributed by atoms with Gasteiger partial charge in [0.1, 0.15) is 5.75 Å². The van der Waals surface area contributed by atoms with Crippen molar-refractivity contribution >= 4 is 23.2 Å². The predicted molar refractivity (Wildman–Crippen MR) is 95.4 cm³/mol. The molecular weight excluding hydrogens is 310 g/mol. The Morgan fingerprint density at radius 2 is 1.78 bits per heavy atom. The summed E-state index contributed by atoms with van der Waals surface area (Å²) < 4.78 is 5.87. The molecule has 1 N–H and O–H groups in total. The Kier molecular flexibility index (Phi) is 5.67. The maximum Gasteiger partial charge on any atom is 0.265 e. The van der Waals surface area contributed by atoms with Crippen molar-refractivity contribution in [1.82, 2.24) is 0 Å². The summed E-state index contributed by atoms with van der Waals surface area (Å²) in [4.78, 5) is 12.4. The largest absolute Gasteiger partial charge is 0.481 e. The van der Waals surface area contributed by atoms with E-state index in [1.165, 1.54) is 0 Å². The summed E-state index contributed by atoms with van der Waals surface area (Å²) in [7, 11) is 0. The molecule has 0 saturated heterocycles. The first-order chi connectivity index (χ1) is 10.9. The van der Waals surface area contributed by atoms with E-state index in [0.717, 1.165) is 16.9 Å². The number of para-hydroxylation sites is 1. The van der Waals surface area contributed by atoms with Gasteiger partial charge in [0.25, 0.3) is 5.91 Å². The molecule has 0 aliphatic carbocycles. The Morgan fingerprint density at radius 1 is 1.09 bits per heavy atom. The summed E-state index contributed by atoms with van der Waals surface area (Å²) in [5, 5.41) is 3.50. The second-order valence-electron chi connectivity index (χ2n) is 5.85. The lowest BCUT2D eigenvalue weighted by molar-refractivity contribution is -0.122. The van der Waals surface area contributed by atoms with Crippen LogP contribution < -0.4 is 10.1 Å². The molecule has 0 spiro atoms. The van der Waals surface area contributed by atoms with Gasteiger partial charge >= 0.3 is 0 Å². The number of hydrogen-bond donors (Lipinski definition) is 1. The van der Waals surface area contributed by atoms with Crippen LogP contribution in [0.3, 0.4) is 0 Å². The quantitative estimate of drug-likeness (QED) is 0.820. The van der Waals surface area contributed by atoms with Crippen LogP contribution >= 0.6 is 11.6 Å². The highest BCUT2D eigenvalue weighted by Crippen LogP contribution is 2.27. The SMILES string of the molecule is Cc1c(Cl)cccc1NC(=O)C(C)Oc1ccccc1C(C)C. The second kappa shape index (κ2) is 7.51. The molecule has 0 aliphatic heterocycles. The van der Waals surface area contributed by atoms with E-state index in [1.807, 2.05) is 43.3 Å². The van der Waals surface area contributed by atoms with Crippen LogP contribution in [0.4, 0.5) is 5.69 Å². The van der Waals surface area contributed by atoms with E-state index >= 15 is 0 Å². The summed E-state index contributed by atoms with van der Waals surface area (Å²) in [6.07, 6.45) is -0.603. The fourth-order valence-electron chi connectivity index (χ4n) is 2.29. The van der Waals surface area contributed by atoms with Crippen LogP contribution in [0.25, 0.3) is 0 Å². The Hall–Kier alpha value is -2.00. The summed E-state index contributed by atoms with van der Waals surface area (Å²) in [5.74, 6) is 0.874. The van der Waals surface area contributed by atoms with E-state index in [-0.39, 0.29) is 5.91 Å². The average molecular weight is 332 g/mol. The Morgan fingerprint density at radius 3 is 2.48 bits per heavy atom. The van der Waals surface area contributed by atoms with Crippen molar-refractivity contribution in [3.8, 4) is 5.75 Å². The van der Waals surface area contributed by atoms with E-state index in [1.54, 1.807) is 13.0 Å². The lowest BCUT2D eigenvalue weighted by Crippen LogP contribution is -2.30. The molecule has 122 valence electrons. The first-order valence-corrected chi connectivity index (χ1v) is 8.09. The van der Waals surface area contributed by atoms with Gasteiger partial charge in [-0.05, 0) is 49.1 Å². The lowest BCUT2D eigenvalue weighted by atomic mass is 10.0. The van der Waals surface area contributed by atoms with Gasteiger partial charge in [-0.25, -0.2) is 0 Å². The maximum atomic E-state index is 12.4. The topological polar surface area (TPSA) is 38.3 Å². The molecule has 2 aromatic rings. The van der Waals surface area contributed by atoms with Crippen molar-refractivity contribution in [2.45, 2.75) is 39.7 Å². The molecule has 2 aromatic carbocycles. The zero-order valence-electron chi connectivity index (χ0n) is 13.9. The zero-order chi connectivity index (χ0) is 17.0. The van der Waals surface area contributed by atoms with Crippen molar-refractivity contribution in [3.63, 3.8) is 0 Å². The molecule has 0 aromatic heterocycles. The number of anilines is 1. The van der Waals surface area contributed by atoms with Crippen LogP contribution in [0.1, 0.15) is 37.8 Å². The number of carbonyl (C=O) groups is 1. The van der Waals surface area contributed by atoms with E-state index < -0.39 is 6.10 Å². The summed E-state index contributed by atoms with van der Waals surface area (Å²) in [5.41, 5.74) is 2.64. The highest BCUT2D eigenvalue weighted by Gasteiger charge is 2.18. The zero-order valence-corrected chi connectivity index (χ0v) is 14.6. The molecule has 1 unspecified atom stereocenters. The summed E-state index contributed by atoms with van der Waals surface area (Å²) >= 11 is 6.08. The van der Waals surface area contributed by atoms with Crippen molar-refractivity contribution < 1.29 is 9.53 Å². The molecule has 1 atom stereocenters. The van der Waals surface area contributed by atoms with Gasteiger partial charge in [-0.15, -0.1) is 0 Å². The number of benzene rings is 2. The van der Waals surface area contributed by atoms with E-state index in [4.69, 9.17) is 16.3 Å². The fraction of sp³-hybridized carbons (Fsp3) is 0.316. The van der Waals surface area contributed by atoms with Gasteiger partial charge in [0.2, 0.25) is 0 Å². The second-order valence-corrected chi connectivity index (χ2v) is 6.26. The summed E-state index contributed by atoms with van der Waals surface area (Å²) in [6, 6.07) is 13.2.